The fraction of sp³-hybridized carbons (Fsp3) is 0.917. The fourth-order valence-electron chi connectivity index (χ4n) is 1.98. The molecule has 0 aliphatic heterocycles. The fourth-order valence-corrected chi connectivity index (χ4v) is 1.98. The molecule has 17 heavy (non-hydrogen) atoms. The molecule has 1 atom stereocenters. The summed E-state index contributed by atoms with van der Waals surface area (Å²) in [5.41, 5.74) is 2.24. The first kappa shape index (κ1) is 14.4. The summed E-state index contributed by atoms with van der Waals surface area (Å²) < 4.78 is 5.13. The van der Waals surface area contributed by atoms with E-state index in [2.05, 4.69) is 24.2 Å². The predicted molar refractivity (Wildman–Crippen MR) is 67.2 cm³/mol. The van der Waals surface area contributed by atoms with Gasteiger partial charge in [-0.15, -0.1) is 0 Å². The molecule has 1 fully saturated rings. The van der Waals surface area contributed by atoms with Gasteiger partial charge < -0.3 is 4.74 Å². The van der Waals surface area contributed by atoms with Gasteiger partial charge in [-0.1, -0.05) is 13.8 Å². The Balaban J connectivity index is 2.60. The van der Waals surface area contributed by atoms with Crippen molar-refractivity contribution in [1.29, 1.82) is 0 Å². The normalized spacial score (nSPS) is 17.5. The van der Waals surface area contributed by atoms with Gasteiger partial charge in [-0.05, 0) is 31.7 Å². The van der Waals surface area contributed by atoms with Crippen LogP contribution in [0.15, 0.2) is 0 Å². The number of hydrogen-bond donors (Lipinski definition) is 2. The van der Waals surface area contributed by atoms with E-state index in [1.165, 1.54) is 12.8 Å². The minimum atomic E-state index is -0.253. The van der Waals surface area contributed by atoms with Gasteiger partial charge in [-0.2, -0.15) is 0 Å². The number of carbonyl (C=O) groups is 1. The van der Waals surface area contributed by atoms with Crippen molar-refractivity contribution in [2.75, 3.05) is 20.3 Å². The maximum absolute atomic E-state index is 11.8. The van der Waals surface area contributed by atoms with E-state index < -0.39 is 0 Å². The molecule has 1 aliphatic rings. The lowest BCUT2D eigenvalue weighted by molar-refractivity contribution is -0.128. The van der Waals surface area contributed by atoms with Gasteiger partial charge in [0.15, 0.2) is 0 Å². The number of rotatable bonds is 8. The van der Waals surface area contributed by atoms with E-state index in [0.29, 0.717) is 18.6 Å². The molecular weight excluding hydrogens is 218 g/mol. The van der Waals surface area contributed by atoms with Crippen molar-refractivity contribution in [3.63, 3.8) is 0 Å². The van der Waals surface area contributed by atoms with Gasteiger partial charge in [-0.3, -0.25) is 15.1 Å². The summed E-state index contributed by atoms with van der Waals surface area (Å²) >= 11 is 0. The largest absolute Gasteiger partial charge is 0.383 e. The van der Waals surface area contributed by atoms with Crippen molar-refractivity contribution in [3.8, 4) is 0 Å². The molecule has 1 rings (SSSR count). The molecule has 0 spiro atoms. The first-order valence-corrected chi connectivity index (χ1v) is 6.35. The average molecular weight is 243 g/mol. The first-order valence-electron chi connectivity index (χ1n) is 6.35. The second kappa shape index (κ2) is 6.93. The molecule has 0 heterocycles. The van der Waals surface area contributed by atoms with Gasteiger partial charge >= 0.3 is 0 Å². The van der Waals surface area contributed by atoms with Crippen molar-refractivity contribution in [2.24, 2.45) is 11.8 Å². The minimum absolute atomic E-state index is 0.150. The number of carbonyl (C=O) groups excluding carboxylic acids is 1. The average Bonchev–Trinajstić information content (AvgIpc) is 3.11. The van der Waals surface area contributed by atoms with Crippen molar-refractivity contribution in [2.45, 2.75) is 45.2 Å². The van der Waals surface area contributed by atoms with Gasteiger partial charge in [-0.25, -0.2) is 5.84 Å². The molecule has 0 radical (unpaired) electrons. The molecule has 1 amide bonds. The van der Waals surface area contributed by atoms with E-state index in [1.807, 2.05) is 0 Å². The SMILES string of the molecule is COCC(C(=O)NN)N(CCC(C)C)C1CC1. The monoisotopic (exact) mass is 243 g/mol. The number of nitrogens with zero attached hydrogens (tertiary/aromatic N) is 1. The third kappa shape index (κ3) is 4.61. The van der Waals surface area contributed by atoms with Crippen LogP contribution >= 0.6 is 0 Å². The van der Waals surface area contributed by atoms with Crippen LogP contribution in [0, 0.1) is 5.92 Å². The molecule has 0 aromatic carbocycles. The lowest BCUT2D eigenvalue weighted by Crippen LogP contribution is -2.52. The molecule has 5 heteroatoms. The number of methoxy groups -OCH3 is 1. The topological polar surface area (TPSA) is 67.6 Å². The Morgan fingerprint density at radius 3 is 2.59 bits per heavy atom. The maximum atomic E-state index is 11.8. The van der Waals surface area contributed by atoms with Crippen LogP contribution in [0.25, 0.3) is 0 Å². The van der Waals surface area contributed by atoms with E-state index in [1.54, 1.807) is 7.11 Å². The Kier molecular flexibility index (Phi) is 5.88. The quantitative estimate of drug-likeness (QED) is 0.370. The summed E-state index contributed by atoms with van der Waals surface area (Å²) in [5.74, 6) is 5.72. The van der Waals surface area contributed by atoms with Gasteiger partial charge in [0.2, 0.25) is 0 Å². The number of ether oxygens (including phenoxy) is 1. The summed E-state index contributed by atoms with van der Waals surface area (Å²) in [6, 6.07) is 0.280. The molecule has 100 valence electrons. The maximum Gasteiger partial charge on any atom is 0.253 e. The lowest BCUT2D eigenvalue weighted by Gasteiger charge is -2.30. The van der Waals surface area contributed by atoms with Gasteiger partial charge in [0, 0.05) is 13.2 Å². The highest BCUT2D eigenvalue weighted by molar-refractivity contribution is 5.81. The van der Waals surface area contributed by atoms with Crippen molar-refractivity contribution >= 4 is 5.91 Å². The van der Waals surface area contributed by atoms with Crippen LogP contribution in [0.2, 0.25) is 0 Å². The van der Waals surface area contributed by atoms with E-state index in [-0.39, 0.29) is 11.9 Å². The molecule has 0 bridgehead atoms. The molecule has 1 saturated carbocycles. The standard InChI is InChI=1S/C12H25N3O2/c1-9(2)6-7-15(10-4-5-10)11(8-17-3)12(16)14-13/h9-11H,4-8,13H2,1-3H3,(H,14,16). The van der Waals surface area contributed by atoms with E-state index in [9.17, 15) is 4.79 Å². The molecule has 1 unspecified atom stereocenters. The molecule has 0 saturated heterocycles. The zero-order valence-electron chi connectivity index (χ0n) is 11.1. The Labute approximate surface area is 104 Å². The Bertz CT molecular complexity index is 242. The zero-order valence-corrected chi connectivity index (χ0v) is 11.1. The van der Waals surface area contributed by atoms with Crippen LogP contribution in [0.4, 0.5) is 0 Å². The van der Waals surface area contributed by atoms with Crippen LogP contribution in [-0.4, -0.2) is 43.2 Å². The number of nitrogens with one attached hydrogen (secondary N) is 1. The van der Waals surface area contributed by atoms with Crippen LogP contribution in [0.5, 0.6) is 0 Å². The highest BCUT2D eigenvalue weighted by Gasteiger charge is 2.36. The zero-order chi connectivity index (χ0) is 12.8. The van der Waals surface area contributed by atoms with E-state index >= 15 is 0 Å². The number of amides is 1. The summed E-state index contributed by atoms with van der Waals surface area (Å²) in [6.45, 7) is 5.72. The number of hydrazine groups is 1. The second-order valence-electron chi connectivity index (χ2n) is 5.13. The summed E-state index contributed by atoms with van der Waals surface area (Å²) in [4.78, 5) is 14.0. The molecule has 0 aromatic rings. The summed E-state index contributed by atoms with van der Waals surface area (Å²) in [6.07, 6.45) is 3.45. The van der Waals surface area contributed by atoms with Gasteiger partial charge in [0.25, 0.3) is 5.91 Å². The van der Waals surface area contributed by atoms with Crippen molar-refractivity contribution < 1.29 is 9.53 Å². The Morgan fingerprint density at radius 2 is 2.18 bits per heavy atom. The predicted octanol–water partition coefficient (Wildman–Crippen LogP) is 0.502. The number of nitrogens with two attached hydrogens (primary N) is 1. The molecule has 5 nitrogen and oxygen atoms in total. The Hall–Kier alpha value is -0.650. The van der Waals surface area contributed by atoms with E-state index in [0.717, 1.165) is 13.0 Å². The number of hydrogen-bond acceptors (Lipinski definition) is 4. The molecule has 3 N–H and O–H groups in total. The van der Waals surface area contributed by atoms with Crippen LogP contribution in [0.3, 0.4) is 0 Å². The van der Waals surface area contributed by atoms with Crippen molar-refractivity contribution in [1.82, 2.24) is 10.3 Å². The highest BCUT2D eigenvalue weighted by Crippen LogP contribution is 2.29. The van der Waals surface area contributed by atoms with Crippen LogP contribution < -0.4 is 11.3 Å². The van der Waals surface area contributed by atoms with Crippen molar-refractivity contribution in [3.05, 3.63) is 0 Å². The summed E-state index contributed by atoms with van der Waals surface area (Å²) in [7, 11) is 1.62. The summed E-state index contributed by atoms with van der Waals surface area (Å²) in [5, 5.41) is 0. The Morgan fingerprint density at radius 1 is 1.53 bits per heavy atom. The highest BCUT2D eigenvalue weighted by atomic mass is 16.5. The smallest absolute Gasteiger partial charge is 0.253 e. The van der Waals surface area contributed by atoms with Crippen LogP contribution in [-0.2, 0) is 9.53 Å². The molecular formula is C12H25N3O2. The van der Waals surface area contributed by atoms with Crippen LogP contribution in [0.1, 0.15) is 33.1 Å². The molecule has 0 aromatic heterocycles. The second-order valence-corrected chi connectivity index (χ2v) is 5.13. The van der Waals surface area contributed by atoms with Gasteiger partial charge in [0.1, 0.15) is 6.04 Å². The first-order chi connectivity index (χ1) is 8.10. The van der Waals surface area contributed by atoms with Gasteiger partial charge in [0.05, 0.1) is 6.61 Å². The lowest BCUT2D eigenvalue weighted by atomic mass is 10.1. The third-order valence-corrected chi connectivity index (χ3v) is 3.15. The van der Waals surface area contributed by atoms with E-state index in [4.69, 9.17) is 10.6 Å². The minimum Gasteiger partial charge on any atom is -0.383 e. The third-order valence-electron chi connectivity index (χ3n) is 3.15. The molecule has 1 aliphatic carbocycles.